The topological polar surface area (TPSA) is 37.0 Å². The van der Waals surface area contributed by atoms with Crippen LogP contribution in [-0.4, -0.2) is 30.2 Å². The number of aryl methyl sites for hydroxylation is 1. The van der Waals surface area contributed by atoms with Crippen molar-refractivity contribution in [2.45, 2.75) is 70.4 Å². The Bertz CT molecular complexity index is 425. The van der Waals surface area contributed by atoms with Crippen molar-refractivity contribution in [2.75, 3.05) is 13.1 Å². The first kappa shape index (κ1) is 15.4. The highest BCUT2D eigenvalue weighted by Gasteiger charge is 2.31. The van der Waals surface area contributed by atoms with E-state index in [0.717, 1.165) is 36.7 Å². The molecule has 1 saturated heterocycles. The smallest absolute Gasteiger partial charge is 0.0940 e. The second kappa shape index (κ2) is 7.70. The van der Waals surface area contributed by atoms with Crippen LogP contribution >= 0.6 is 11.3 Å². The van der Waals surface area contributed by atoms with E-state index >= 15 is 0 Å². The molecule has 1 saturated carbocycles. The van der Waals surface area contributed by atoms with Crippen LogP contribution in [-0.2, 0) is 6.42 Å². The zero-order valence-electron chi connectivity index (χ0n) is 13.2. The lowest BCUT2D eigenvalue weighted by molar-refractivity contribution is 0.182. The number of nitrogens with zero attached hydrogens (tertiary/aromatic N) is 1. The van der Waals surface area contributed by atoms with E-state index in [1.165, 1.54) is 56.5 Å². The Morgan fingerprint density at radius 3 is 2.86 bits per heavy atom. The van der Waals surface area contributed by atoms with Gasteiger partial charge in [0.25, 0.3) is 0 Å². The summed E-state index contributed by atoms with van der Waals surface area (Å²) in [6.07, 6.45) is 10.8. The van der Waals surface area contributed by atoms with Gasteiger partial charge in [0.05, 0.1) is 5.01 Å². The first-order chi connectivity index (χ1) is 10.3. The summed E-state index contributed by atoms with van der Waals surface area (Å²) in [6, 6.07) is 1.48. The van der Waals surface area contributed by atoms with Crippen LogP contribution in [0.1, 0.15) is 55.6 Å². The molecule has 3 nitrogen and oxygen atoms in total. The van der Waals surface area contributed by atoms with Gasteiger partial charge in [-0.15, -0.1) is 11.3 Å². The number of nitrogens with one attached hydrogen (secondary N) is 2. The van der Waals surface area contributed by atoms with Crippen LogP contribution < -0.4 is 10.6 Å². The highest BCUT2D eigenvalue weighted by molar-refractivity contribution is 7.09. The Kier molecular flexibility index (Phi) is 5.67. The number of hydrogen-bond acceptors (Lipinski definition) is 4. The number of rotatable bonds is 5. The zero-order valence-corrected chi connectivity index (χ0v) is 14.1. The van der Waals surface area contributed by atoms with Gasteiger partial charge in [0.1, 0.15) is 0 Å². The lowest BCUT2D eigenvalue weighted by atomic mass is 9.77. The summed E-state index contributed by atoms with van der Waals surface area (Å²) in [5.41, 5.74) is 1.16. The third-order valence-corrected chi connectivity index (χ3v) is 6.12. The van der Waals surface area contributed by atoms with Gasteiger partial charge in [0.2, 0.25) is 0 Å². The molecule has 1 aliphatic carbocycles. The van der Waals surface area contributed by atoms with Crippen molar-refractivity contribution in [2.24, 2.45) is 5.92 Å². The van der Waals surface area contributed by atoms with E-state index in [0.29, 0.717) is 0 Å². The van der Waals surface area contributed by atoms with Crippen LogP contribution in [0.4, 0.5) is 0 Å². The van der Waals surface area contributed by atoms with E-state index < -0.39 is 0 Å². The quantitative estimate of drug-likeness (QED) is 0.876. The Morgan fingerprint density at radius 2 is 2.10 bits per heavy atom. The van der Waals surface area contributed by atoms with Crippen molar-refractivity contribution in [3.8, 4) is 0 Å². The van der Waals surface area contributed by atoms with Crippen molar-refractivity contribution < 1.29 is 0 Å². The molecule has 1 aliphatic heterocycles. The summed E-state index contributed by atoms with van der Waals surface area (Å²) in [4.78, 5) is 4.57. The first-order valence-electron chi connectivity index (χ1n) is 8.71. The Morgan fingerprint density at radius 1 is 1.24 bits per heavy atom. The van der Waals surface area contributed by atoms with Gasteiger partial charge in [-0.05, 0) is 45.1 Å². The van der Waals surface area contributed by atoms with Gasteiger partial charge < -0.3 is 10.6 Å². The predicted molar refractivity (Wildman–Crippen MR) is 89.9 cm³/mol. The molecule has 3 atom stereocenters. The number of hydrogen-bond donors (Lipinski definition) is 2. The molecule has 0 aromatic carbocycles. The second-order valence-electron chi connectivity index (χ2n) is 6.70. The fourth-order valence-corrected chi connectivity index (χ4v) is 4.80. The van der Waals surface area contributed by atoms with E-state index in [9.17, 15) is 0 Å². The van der Waals surface area contributed by atoms with Gasteiger partial charge in [-0.3, -0.25) is 0 Å². The zero-order chi connectivity index (χ0) is 14.5. The van der Waals surface area contributed by atoms with Crippen LogP contribution in [0.15, 0.2) is 5.38 Å². The first-order valence-corrected chi connectivity index (χ1v) is 9.58. The predicted octanol–water partition coefficient (Wildman–Crippen LogP) is 3.28. The highest BCUT2D eigenvalue weighted by Crippen LogP contribution is 2.30. The maximum Gasteiger partial charge on any atom is 0.0940 e. The third kappa shape index (κ3) is 4.27. The molecule has 1 aromatic heterocycles. The molecule has 3 rings (SSSR count). The van der Waals surface area contributed by atoms with E-state index in [1.807, 2.05) is 0 Å². The summed E-state index contributed by atoms with van der Waals surface area (Å²) in [6.45, 7) is 4.40. The van der Waals surface area contributed by atoms with Crippen molar-refractivity contribution in [1.82, 2.24) is 15.6 Å². The third-order valence-electron chi connectivity index (χ3n) is 5.10. The maximum atomic E-state index is 4.57. The molecule has 1 aromatic rings. The van der Waals surface area contributed by atoms with Crippen LogP contribution in [0, 0.1) is 12.8 Å². The SMILES string of the molecule is Cc1csc(CCNC2CCCCC2C2CCCCN2)n1. The summed E-state index contributed by atoms with van der Waals surface area (Å²) < 4.78 is 0. The van der Waals surface area contributed by atoms with Gasteiger partial charge in [-0.2, -0.15) is 0 Å². The van der Waals surface area contributed by atoms with Crippen LogP contribution in [0.25, 0.3) is 0 Å². The van der Waals surface area contributed by atoms with Gasteiger partial charge in [-0.1, -0.05) is 19.3 Å². The highest BCUT2D eigenvalue weighted by atomic mass is 32.1. The van der Waals surface area contributed by atoms with Crippen LogP contribution in [0.3, 0.4) is 0 Å². The van der Waals surface area contributed by atoms with Crippen molar-refractivity contribution in [3.05, 3.63) is 16.1 Å². The lowest BCUT2D eigenvalue weighted by Gasteiger charge is -2.40. The summed E-state index contributed by atoms with van der Waals surface area (Å²) >= 11 is 1.80. The normalized spacial score (nSPS) is 30.4. The molecule has 118 valence electrons. The summed E-state index contributed by atoms with van der Waals surface area (Å²) in [5, 5.41) is 11.1. The Labute approximate surface area is 132 Å². The lowest BCUT2D eigenvalue weighted by Crippen LogP contribution is -2.50. The molecule has 0 amide bonds. The van der Waals surface area contributed by atoms with E-state index in [2.05, 4.69) is 27.9 Å². The molecule has 0 radical (unpaired) electrons. The van der Waals surface area contributed by atoms with Gasteiger partial charge >= 0.3 is 0 Å². The van der Waals surface area contributed by atoms with E-state index in [-0.39, 0.29) is 0 Å². The minimum atomic E-state index is 0.718. The molecule has 2 N–H and O–H groups in total. The standard InChI is InChI=1S/C17H29N3S/c1-13-12-21-17(20-13)9-11-19-16-7-3-2-6-14(16)15-8-4-5-10-18-15/h12,14-16,18-19H,2-11H2,1H3. The molecular weight excluding hydrogens is 278 g/mol. The number of aromatic nitrogens is 1. The van der Waals surface area contributed by atoms with Crippen molar-refractivity contribution >= 4 is 11.3 Å². The number of thiazole rings is 1. The molecule has 2 aliphatic rings. The Balaban J connectivity index is 1.49. The minimum Gasteiger partial charge on any atom is -0.314 e. The molecule has 3 unspecified atom stereocenters. The second-order valence-corrected chi connectivity index (χ2v) is 7.64. The molecule has 0 bridgehead atoms. The molecule has 21 heavy (non-hydrogen) atoms. The van der Waals surface area contributed by atoms with Crippen molar-refractivity contribution in [3.63, 3.8) is 0 Å². The van der Waals surface area contributed by atoms with Crippen molar-refractivity contribution in [1.29, 1.82) is 0 Å². The fraction of sp³-hybridized carbons (Fsp3) is 0.824. The fourth-order valence-electron chi connectivity index (χ4n) is 4.02. The van der Waals surface area contributed by atoms with Gasteiger partial charge in [-0.25, -0.2) is 4.98 Å². The van der Waals surface area contributed by atoms with Crippen LogP contribution in [0.5, 0.6) is 0 Å². The number of piperidine rings is 1. The summed E-state index contributed by atoms with van der Waals surface area (Å²) in [5.74, 6) is 0.845. The van der Waals surface area contributed by atoms with Gasteiger partial charge in [0.15, 0.2) is 0 Å². The largest absolute Gasteiger partial charge is 0.314 e. The van der Waals surface area contributed by atoms with E-state index in [4.69, 9.17) is 0 Å². The average Bonchev–Trinajstić information content (AvgIpc) is 2.94. The van der Waals surface area contributed by atoms with Gasteiger partial charge in [0, 0.05) is 36.1 Å². The average molecular weight is 308 g/mol. The molecule has 4 heteroatoms. The monoisotopic (exact) mass is 307 g/mol. The Hall–Kier alpha value is -0.450. The maximum absolute atomic E-state index is 4.57. The minimum absolute atomic E-state index is 0.718. The summed E-state index contributed by atoms with van der Waals surface area (Å²) in [7, 11) is 0. The van der Waals surface area contributed by atoms with E-state index in [1.54, 1.807) is 11.3 Å². The molecule has 0 spiro atoms. The molecule has 2 fully saturated rings. The molecular formula is C17H29N3S. The van der Waals surface area contributed by atoms with Crippen LogP contribution in [0.2, 0.25) is 0 Å². The molecule has 2 heterocycles.